The molecule has 0 spiro atoms. The Balaban J connectivity index is 1.29. The first-order valence-electron chi connectivity index (χ1n) is 13.6. The minimum Gasteiger partial charge on any atom is -0.320 e. The second-order valence-corrected chi connectivity index (χ2v) is 11.2. The molecule has 0 bridgehead atoms. The van der Waals surface area contributed by atoms with Crippen molar-refractivity contribution in [3.63, 3.8) is 0 Å². The number of rotatable bonds is 11. The molecule has 0 heterocycles. The first kappa shape index (κ1) is 25.2. The predicted octanol–water partition coefficient (Wildman–Crippen LogP) is 9.17. The van der Waals surface area contributed by atoms with Crippen molar-refractivity contribution in [1.29, 1.82) is 0 Å². The van der Waals surface area contributed by atoms with Crippen molar-refractivity contribution >= 4 is 0 Å². The van der Waals surface area contributed by atoms with E-state index in [0.717, 1.165) is 56.3 Å². The van der Waals surface area contributed by atoms with Gasteiger partial charge in [0.25, 0.3) is 0 Å². The second-order valence-electron chi connectivity index (χ2n) is 11.2. The number of halogens is 2. The van der Waals surface area contributed by atoms with Crippen molar-refractivity contribution in [2.75, 3.05) is 6.61 Å². The van der Waals surface area contributed by atoms with Crippen LogP contribution in [0.2, 0.25) is 0 Å². The zero-order valence-corrected chi connectivity index (χ0v) is 20.1. The average Bonchev–Trinajstić information content (AvgIpc) is 2.79. The average molecular weight is 439 g/mol. The van der Waals surface area contributed by atoms with E-state index in [1.807, 2.05) is 6.08 Å². The van der Waals surface area contributed by atoms with Gasteiger partial charge in [-0.15, -0.1) is 6.58 Å². The number of ether oxygens (including phenoxy) is 1. The molecule has 3 saturated carbocycles. The summed E-state index contributed by atoms with van der Waals surface area (Å²) < 4.78 is 34.0. The van der Waals surface area contributed by atoms with Crippen LogP contribution in [0, 0.1) is 35.5 Å². The molecule has 180 valence electrons. The van der Waals surface area contributed by atoms with Crippen LogP contribution in [0.4, 0.5) is 8.78 Å². The highest BCUT2D eigenvalue weighted by Crippen LogP contribution is 2.43. The molecule has 31 heavy (non-hydrogen) atoms. The largest absolute Gasteiger partial charge is 0.356 e. The minimum absolute atomic E-state index is 0.0896. The van der Waals surface area contributed by atoms with Gasteiger partial charge in [0, 0.05) is 6.42 Å². The van der Waals surface area contributed by atoms with Gasteiger partial charge in [0.15, 0.2) is 0 Å². The van der Waals surface area contributed by atoms with E-state index in [0.29, 0.717) is 11.8 Å². The molecule has 1 nitrogen and oxygen atoms in total. The highest BCUT2D eigenvalue weighted by Gasteiger charge is 2.37. The van der Waals surface area contributed by atoms with Crippen LogP contribution in [0.5, 0.6) is 0 Å². The van der Waals surface area contributed by atoms with E-state index in [1.54, 1.807) is 0 Å². The highest BCUT2D eigenvalue weighted by atomic mass is 19.3. The van der Waals surface area contributed by atoms with Gasteiger partial charge in [-0.1, -0.05) is 51.5 Å². The third-order valence-electron chi connectivity index (χ3n) is 8.95. The molecule has 0 aromatic carbocycles. The van der Waals surface area contributed by atoms with E-state index >= 15 is 0 Å². The smallest absolute Gasteiger partial charge is 0.320 e. The summed E-state index contributed by atoms with van der Waals surface area (Å²) in [7, 11) is 0. The van der Waals surface area contributed by atoms with Gasteiger partial charge in [0.2, 0.25) is 0 Å². The van der Waals surface area contributed by atoms with Gasteiger partial charge >= 0.3 is 6.11 Å². The van der Waals surface area contributed by atoms with Crippen molar-refractivity contribution in [3.05, 3.63) is 12.7 Å². The van der Waals surface area contributed by atoms with E-state index in [9.17, 15) is 8.78 Å². The zero-order chi connectivity index (χ0) is 22.1. The summed E-state index contributed by atoms with van der Waals surface area (Å²) in [6.07, 6.45) is 18.6. The Morgan fingerprint density at radius 3 is 1.87 bits per heavy atom. The van der Waals surface area contributed by atoms with Gasteiger partial charge in [-0.2, -0.15) is 8.78 Å². The van der Waals surface area contributed by atoms with Crippen LogP contribution in [0.3, 0.4) is 0 Å². The molecule has 0 amide bonds. The summed E-state index contributed by atoms with van der Waals surface area (Å²) in [6.45, 7) is 6.39. The van der Waals surface area contributed by atoms with Crippen LogP contribution in [0.25, 0.3) is 0 Å². The van der Waals surface area contributed by atoms with Crippen LogP contribution >= 0.6 is 0 Å². The lowest BCUT2D eigenvalue weighted by Gasteiger charge is -2.38. The molecule has 3 heteroatoms. The fourth-order valence-corrected chi connectivity index (χ4v) is 6.72. The van der Waals surface area contributed by atoms with Gasteiger partial charge in [0.05, 0.1) is 6.61 Å². The third-order valence-corrected chi connectivity index (χ3v) is 8.95. The molecule has 0 unspecified atom stereocenters. The van der Waals surface area contributed by atoms with E-state index in [1.165, 1.54) is 64.2 Å². The molecular weight excluding hydrogens is 390 g/mol. The first-order valence-corrected chi connectivity index (χ1v) is 13.6. The second kappa shape index (κ2) is 12.7. The van der Waals surface area contributed by atoms with E-state index in [4.69, 9.17) is 4.74 Å². The van der Waals surface area contributed by atoms with Gasteiger partial charge in [0.1, 0.15) is 0 Å². The van der Waals surface area contributed by atoms with E-state index in [-0.39, 0.29) is 18.9 Å². The molecular formula is C28H48F2O. The topological polar surface area (TPSA) is 9.23 Å². The molecule has 0 aromatic rings. The normalized spacial score (nSPS) is 35.1. The number of alkyl halides is 2. The van der Waals surface area contributed by atoms with Crippen molar-refractivity contribution in [3.8, 4) is 0 Å². The Morgan fingerprint density at radius 2 is 1.32 bits per heavy atom. The van der Waals surface area contributed by atoms with Crippen molar-refractivity contribution < 1.29 is 13.5 Å². The number of unbranched alkanes of at least 4 members (excludes halogenated alkanes) is 2. The van der Waals surface area contributed by atoms with Crippen LogP contribution in [-0.2, 0) is 4.74 Å². The summed E-state index contributed by atoms with van der Waals surface area (Å²) in [5.41, 5.74) is 0. The monoisotopic (exact) mass is 438 g/mol. The Hall–Kier alpha value is -0.440. The molecule has 0 N–H and O–H groups in total. The lowest BCUT2D eigenvalue weighted by molar-refractivity contribution is -0.256. The molecule has 3 fully saturated rings. The molecule has 0 atom stereocenters. The number of allylic oxidation sites excluding steroid dienone is 1. The fraction of sp³-hybridized carbons (Fsp3) is 0.929. The maximum absolute atomic E-state index is 14.4. The minimum atomic E-state index is -2.95. The molecule has 0 aromatic heterocycles. The lowest BCUT2D eigenvalue weighted by atomic mass is 9.69. The summed E-state index contributed by atoms with van der Waals surface area (Å²) in [4.78, 5) is 0. The van der Waals surface area contributed by atoms with Crippen LogP contribution in [0.1, 0.15) is 116 Å². The Kier molecular flexibility index (Phi) is 10.3. The third kappa shape index (κ3) is 8.45. The number of hydrogen-bond acceptors (Lipinski definition) is 1. The van der Waals surface area contributed by atoms with Gasteiger partial charge in [-0.05, 0) is 99.7 Å². The molecule has 3 aliphatic carbocycles. The summed E-state index contributed by atoms with van der Waals surface area (Å²) in [6, 6.07) is 0. The lowest BCUT2D eigenvalue weighted by Crippen LogP contribution is -2.31. The summed E-state index contributed by atoms with van der Waals surface area (Å²) in [5.74, 6) is 3.69. The molecule has 3 rings (SSSR count). The van der Waals surface area contributed by atoms with E-state index < -0.39 is 6.11 Å². The maximum Gasteiger partial charge on any atom is 0.356 e. The van der Waals surface area contributed by atoms with Crippen molar-refractivity contribution in [1.82, 2.24) is 0 Å². The van der Waals surface area contributed by atoms with Crippen molar-refractivity contribution in [2.24, 2.45) is 35.5 Å². The van der Waals surface area contributed by atoms with Crippen LogP contribution in [-0.4, -0.2) is 12.7 Å². The Bertz CT molecular complexity index is 495. The molecule has 0 aliphatic heterocycles. The molecule has 3 aliphatic rings. The quantitative estimate of drug-likeness (QED) is 0.231. The van der Waals surface area contributed by atoms with Gasteiger partial charge < -0.3 is 4.74 Å². The standard InChI is InChI=1S/C28H48F2O/c1-3-5-6-7-23-12-16-26(17-13-23)27-18-14-25(15-19-27)21-31-28(29,30)20-24-10-8-22(4-2)9-11-24/h4,22-27H,2-3,5-21H2,1H3. The number of hydrogen-bond donors (Lipinski definition) is 0. The maximum atomic E-state index is 14.4. The van der Waals surface area contributed by atoms with Crippen LogP contribution < -0.4 is 0 Å². The molecule has 0 saturated heterocycles. The fourth-order valence-electron chi connectivity index (χ4n) is 6.72. The SMILES string of the molecule is C=CC1CCC(CC(F)(F)OCC2CCC(C3CCC(CCCCC)CC3)CC2)CC1. The van der Waals surface area contributed by atoms with Gasteiger partial charge in [-0.3, -0.25) is 0 Å². The first-order chi connectivity index (χ1) is 15.0. The summed E-state index contributed by atoms with van der Waals surface area (Å²) >= 11 is 0. The van der Waals surface area contributed by atoms with Crippen molar-refractivity contribution in [2.45, 2.75) is 122 Å². The van der Waals surface area contributed by atoms with Crippen LogP contribution in [0.15, 0.2) is 12.7 Å². The zero-order valence-electron chi connectivity index (χ0n) is 20.1. The Morgan fingerprint density at radius 1 is 0.774 bits per heavy atom. The summed E-state index contributed by atoms with van der Waals surface area (Å²) in [5, 5.41) is 0. The van der Waals surface area contributed by atoms with E-state index in [2.05, 4.69) is 13.5 Å². The van der Waals surface area contributed by atoms with Gasteiger partial charge in [-0.25, -0.2) is 0 Å². The Labute approximate surface area is 190 Å². The highest BCUT2D eigenvalue weighted by molar-refractivity contribution is 4.85. The predicted molar refractivity (Wildman–Crippen MR) is 126 cm³/mol. The molecule has 0 radical (unpaired) electrons.